The zero-order valence-electron chi connectivity index (χ0n) is 15.1. The van der Waals surface area contributed by atoms with Crippen LogP contribution in [-0.4, -0.2) is 25.2 Å². The Hall–Kier alpha value is -2.83. The minimum Gasteiger partial charge on any atom is -0.494 e. The summed E-state index contributed by atoms with van der Waals surface area (Å²) in [7, 11) is 0. The van der Waals surface area contributed by atoms with Crippen molar-refractivity contribution in [2.24, 2.45) is 0 Å². The van der Waals surface area contributed by atoms with E-state index in [0.29, 0.717) is 12.2 Å². The van der Waals surface area contributed by atoms with Gasteiger partial charge in [-0.1, -0.05) is 0 Å². The average Bonchev–Trinajstić information content (AvgIpc) is 2.98. The Morgan fingerprint density at radius 2 is 2.04 bits per heavy atom. The highest BCUT2D eigenvalue weighted by Crippen LogP contribution is 2.35. The molecule has 27 heavy (non-hydrogen) atoms. The molecule has 0 aromatic heterocycles. The molecule has 144 valence electrons. The highest BCUT2D eigenvalue weighted by molar-refractivity contribution is 5.94. The first-order valence-corrected chi connectivity index (χ1v) is 8.74. The average molecular weight is 377 g/mol. The number of hydrogen-bond donors (Lipinski definition) is 1. The third-order valence-corrected chi connectivity index (χ3v) is 4.16. The third-order valence-electron chi connectivity index (χ3n) is 4.16. The van der Waals surface area contributed by atoms with E-state index in [2.05, 4.69) is 10.1 Å². The maximum atomic E-state index is 12.3. The van der Waals surface area contributed by atoms with E-state index in [1.807, 2.05) is 26.0 Å². The number of halogens is 2. The van der Waals surface area contributed by atoms with E-state index in [4.69, 9.17) is 9.47 Å². The summed E-state index contributed by atoms with van der Waals surface area (Å²) in [5.74, 6) is 1.21. The van der Waals surface area contributed by atoms with Gasteiger partial charge in [0.1, 0.15) is 23.4 Å². The minimum atomic E-state index is -2.90. The van der Waals surface area contributed by atoms with Gasteiger partial charge in [0.15, 0.2) is 0 Å². The molecule has 0 saturated carbocycles. The summed E-state index contributed by atoms with van der Waals surface area (Å²) in [6.07, 6.45) is 0.947. The fraction of sp³-hybridized carbons (Fsp3) is 0.350. The molecule has 1 aliphatic rings. The first kappa shape index (κ1) is 18.9. The van der Waals surface area contributed by atoms with Gasteiger partial charge in [0.05, 0.1) is 6.61 Å². The molecule has 1 unspecified atom stereocenters. The Kier molecular flexibility index (Phi) is 5.78. The molecule has 1 heterocycles. The third kappa shape index (κ3) is 4.67. The molecule has 5 nitrogen and oxygen atoms in total. The van der Waals surface area contributed by atoms with Crippen LogP contribution in [0.25, 0.3) is 0 Å². The molecule has 2 aromatic carbocycles. The van der Waals surface area contributed by atoms with Gasteiger partial charge in [0, 0.05) is 29.7 Å². The number of fused-ring (bicyclic) bond motifs is 1. The number of benzene rings is 2. The van der Waals surface area contributed by atoms with Gasteiger partial charge in [-0.3, -0.25) is 4.79 Å². The lowest BCUT2D eigenvalue weighted by molar-refractivity contribution is -0.0498. The van der Waals surface area contributed by atoms with E-state index in [-0.39, 0.29) is 24.3 Å². The molecule has 0 aliphatic carbocycles. The van der Waals surface area contributed by atoms with E-state index in [1.54, 1.807) is 0 Å². The molecule has 0 saturated heterocycles. The number of carbonyl (C=O) groups excluding carboxylic acids is 1. The van der Waals surface area contributed by atoms with Crippen LogP contribution in [0.4, 0.5) is 8.78 Å². The SMILES string of the molecule is CCOc1cc2c(cc1CNC(=O)c1ccc(OC(F)F)cc1)OC(C)C2. The zero-order valence-corrected chi connectivity index (χ0v) is 15.1. The van der Waals surface area contributed by atoms with Crippen LogP contribution in [0.15, 0.2) is 36.4 Å². The van der Waals surface area contributed by atoms with Crippen LogP contribution in [-0.2, 0) is 13.0 Å². The second-order valence-corrected chi connectivity index (χ2v) is 6.22. The quantitative estimate of drug-likeness (QED) is 0.794. The largest absolute Gasteiger partial charge is 0.494 e. The van der Waals surface area contributed by atoms with Gasteiger partial charge in [-0.25, -0.2) is 0 Å². The van der Waals surface area contributed by atoms with E-state index in [9.17, 15) is 13.6 Å². The Balaban J connectivity index is 1.68. The summed E-state index contributed by atoms with van der Waals surface area (Å²) in [6, 6.07) is 9.38. The topological polar surface area (TPSA) is 56.8 Å². The van der Waals surface area contributed by atoms with Gasteiger partial charge >= 0.3 is 6.61 Å². The summed E-state index contributed by atoms with van der Waals surface area (Å²) >= 11 is 0. The number of amides is 1. The Morgan fingerprint density at radius 3 is 2.70 bits per heavy atom. The van der Waals surface area contributed by atoms with Gasteiger partial charge in [-0.15, -0.1) is 0 Å². The van der Waals surface area contributed by atoms with Crippen molar-refractivity contribution in [1.82, 2.24) is 5.32 Å². The van der Waals surface area contributed by atoms with Crippen molar-refractivity contribution < 1.29 is 27.8 Å². The van der Waals surface area contributed by atoms with Crippen LogP contribution in [0.2, 0.25) is 0 Å². The molecule has 1 amide bonds. The molecule has 0 fully saturated rings. The lowest BCUT2D eigenvalue weighted by atomic mass is 10.1. The minimum absolute atomic E-state index is 0.00470. The molecule has 0 bridgehead atoms. The highest BCUT2D eigenvalue weighted by Gasteiger charge is 2.22. The Labute approximate surface area is 156 Å². The van der Waals surface area contributed by atoms with Crippen LogP contribution in [0.5, 0.6) is 17.2 Å². The zero-order chi connectivity index (χ0) is 19.4. The van der Waals surface area contributed by atoms with Crippen molar-refractivity contribution in [3.63, 3.8) is 0 Å². The lowest BCUT2D eigenvalue weighted by Crippen LogP contribution is -2.23. The molecule has 1 atom stereocenters. The second-order valence-electron chi connectivity index (χ2n) is 6.22. The molecule has 7 heteroatoms. The van der Waals surface area contributed by atoms with Gasteiger partial charge in [-0.2, -0.15) is 8.78 Å². The van der Waals surface area contributed by atoms with Crippen molar-refractivity contribution >= 4 is 5.91 Å². The van der Waals surface area contributed by atoms with E-state index < -0.39 is 6.61 Å². The van der Waals surface area contributed by atoms with Gasteiger partial charge in [0.25, 0.3) is 5.91 Å². The summed E-state index contributed by atoms with van der Waals surface area (Å²) < 4.78 is 40.1. The normalized spacial score (nSPS) is 15.2. The van der Waals surface area contributed by atoms with Gasteiger partial charge in [-0.05, 0) is 50.2 Å². The summed E-state index contributed by atoms with van der Waals surface area (Å²) in [6.45, 7) is 1.78. The van der Waals surface area contributed by atoms with Crippen molar-refractivity contribution in [3.8, 4) is 17.2 Å². The number of hydrogen-bond acceptors (Lipinski definition) is 4. The number of nitrogens with one attached hydrogen (secondary N) is 1. The first-order chi connectivity index (χ1) is 13.0. The maximum absolute atomic E-state index is 12.3. The van der Waals surface area contributed by atoms with Crippen LogP contribution in [0.3, 0.4) is 0 Å². The summed E-state index contributed by atoms with van der Waals surface area (Å²) in [5, 5.41) is 2.81. The van der Waals surface area contributed by atoms with E-state index in [1.165, 1.54) is 24.3 Å². The summed E-state index contributed by atoms with van der Waals surface area (Å²) in [4.78, 5) is 12.3. The van der Waals surface area contributed by atoms with Gasteiger partial charge < -0.3 is 19.5 Å². The van der Waals surface area contributed by atoms with Crippen molar-refractivity contribution in [2.45, 2.75) is 39.5 Å². The fourth-order valence-electron chi connectivity index (χ4n) is 2.97. The number of ether oxygens (including phenoxy) is 3. The number of alkyl halides is 2. The first-order valence-electron chi connectivity index (χ1n) is 8.74. The molecular formula is C20H21F2NO4. The fourth-order valence-corrected chi connectivity index (χ4v) is 2.97. The van der Waals surface area contributed by atoms with Crippen molar-refractivity contribution in [2.75, 3.05) is 6.61 Å². The van der Waals surface area contributed by atoms with Crippen molar-refractivity contribution in [3.05, 3.63) is 53.1 Å². The van der Waals surface area contributed by atoms with E-state index in [0.717, 1.165) is 29.0 Å². The molecule has 0 radical (unpaired) electrons. The molecule has 0 spiro atoms. The second kappa shape index (κ2) is 8.24. The number of carbonyl (C=O) groups is 1. The van der Waals surface area contributed by atoms with Crippen LogP contribution in [0.1, 0.15) is 35.3 Å². The standard InChI is InChI=1S/C20H21F2NO4/c1-3-25-17-9-14-8-12(2)26-18(14)10-15(17)11-23-19(24)13-4-6-16(7-5-13)27-20(21)22/h4-7,9-10,12,20H,3,8,11H2,1-2H3,(H,23,24). The molecular weight excluding hydrogens is 356 g/mol. The smallest absolute Gasteiger partial charge is 0.387 e. The number of rotatable bonds is 7. The van der Waals surface area contributed by atoms with Crippen LogP contribution in [0, 0.1) is 0 Å². The molecule has 2 aromatic rings. The van der Waals surface area contributed by atoms with Crippen LogP contribution < -0.4 is 19.5 Å². The predicted molar refractivity (Wildman–Crippen MR) is 95.6 cm³/mol. The lowest BCUT2D eigenvalue weighted by Gasteiger charge is -2.13. The molecule has 1 aliphatic heterocycles. The Morgan fingerprint density at radius 1 is 1.30 bits per heavy atom. The molecule has 3 rings (SSSR count). The van der Waals surface area contributed by atoms with E-state index >= 15 is 0 Å². The van der Waals surface area contributed by atoms with Crippen LogP contribution >= 0.6 is 0 Å². The monoisotopic (exact) mass is 377 g/mol. The Bertz CT molecular complexity index is 808. The van der Waals surface area contributed by atoms with Crippen molar-refractivity contribution in [1.29, 1.82) is 0 Å². The summed E-state index contributed by atoms with van der Waals surface area (Å²) in [5.41, 5.74) is 2.26. The van der Waals surface area contributed by atoms with Gasteiger partial charge in [0.2, 0.25) is 0 Å². The predicted octanol–water partition coefficient (Wildman–Crippen LogP) is 3.94. The highest BCUT2D eigenvalue weighted by atomic mass is 19.3. The maximum Gasteiger partial charge on any atom is 0.387 e. The molecule has 1 N–H and O–H groups in total.